The van der Waals surface area contributed by atoms with Crippen molar-refractivity contribution in [1.29, 1.82) is 0 Å². The van der Waals surface area contributed by atoms with E-state index in [1.807, 2.05) is 0 Å². The Morgan fingerprint density at radius 2 is 1.43 bits per heavy atom. The average molecular weight is 327 g/mol. The Balaban J connectivity index is 0.000000438. The van der Waals surface area contributed by atoms with Gasteiger partial charge in [0.2, 0.25) is 0 Å². The van der Waals surface area contributed by atoms with Crippen molar-refractivity contribution in [2.75, 3.05) is 0 Å². The zero-order valence-electron chi connectivity index (χ0n) is 15.4. The second-order valence-electron chi connectivity index (χ2n) is 7.01. The molecule has 0 spiro atoms. The molecule has 1 aliphatic carbocycles. The molecule has 0 bridgehead atoms. The largest absolute Gasteiger partial charge is 0.481 e. The summed E-state index contributed by atoms with van der Waals surface area (Å²) >= 11 is 0. The third-order valence-electron chi connectivity index (χ3n) is 4.61. The number of carboxylic acids is 1. The van der Waals surface area contributed by atoms with Crippen molar-refractivity contribution in [1.82, 2.24) is 0 Å². The highest BCUT2D eigenvalue weighted by Gasteiger charge is 2.13. The van der Waals surface area contributed by atoms with Gasteiger partial charge in [-0.05, 0) is 25.7 Å². The van der Waals surface area contributed by atoms with Crippen LogP contribution in [0.1, 0.15) is 110 Å². The lowest BCUT2D eigenvalue weighted by Gasteiger charge is -2.07. The molecule has 0 atom stereocenters. The maximum absolute atomic E-state index is 10.3. The highest BCUT2D eigenvalue weighted by atomic mass is 16.4. The van der Waals surface area contributed by atoms with Crippen LogP contribution in [-0.2, 0) is 9.59 Å². The van der Waals surface area contributed by atoms with Crippen LogP contribution in [0.3, 0.4) is 0 Å². The number of rotatable bonds is 12. The average Bonchev–Trinajstić information content (AvgIpc) is 3.01. The van der Waals surface area contributed by atoms with E-state index in [0.717, 1.165) is 5.92 Å². The molecule has 0 aromatic heterocycles. The topological polar surface area (TPSA) is 54.4 Å². The van der Waals surface area contributed by atoms with Gasteiger partial charge in [0.1, 0.15) is 5.78 Å². The van der Waals surface area contributed by atoms with Crippen molar-refractivity contribution >= 4 is 11.8 Å². The highest BCUT2D eigenvalue weighted by molar-refractivity contribution is 5.75. The number of ketones is 1. The van der Waals surface area contributed by atoms with E-state index < -0.39 is 5.97 Å². The molecule has 1 fully saturated rings. The van der Waals surface area contributed by atoms with Crippen LogP contribution in [0.15, 0.2) is 0 Å². The Kier molecular flexibility index (Phi) is 15.4. The van der Waals surface area contributed by atoms with E-state index >= 15 is 0 Å². The molecule has 3 heteroatoms. The summed E-state index contributed by atoms with van der Waals surface area (Å²) in [6.07, 6.45) is 18.4. The SMILES string of the molecule is CC(=O)CCCCC(=O)O.CCCCCCCCC1CCCC1. The molecule has 1 aliphatic rings. The molecule has 0 radical (unpaired) electrons. The molecule has 1 saturated carbocycles. The lowest BCUT2D eigenvalue weighted by atomic mass is 9.99. The molecule has 0 heterocycles. The maximum atomic E-state index is 10.3. The third-order valence-corrected chi connectivity index (χ3v) is 4.61. The van der Waals surface area contributed by atoms with Crippen LogP contribution in [0, 0.1) is 5.92 Å². The zero-order valence-corrected chi connectivity index (χ0v) is 15.4. The molecule has 23 heavy (non-hydrogen) atoms. The van der Waals surface area contributed by atoms with Gasteiger partial charge >= 0.3 is 5.97 Å². The molecular weight excluding hydrogens is 288 g/mol. The van der Waals surface area contributed by atoms with Crippen LogP contribution < -0.4 is 0 Å². The minimum Gasteiger partial charge on any atom is -0.481 e. The molecule has 0 unspecified atom stereocenters. The Morgan fingerprint density at radius 1 is 0.870 bits per heavy atom. The van der Waals surface area contributed by atoms with Gasteiger partial charge in [-0.25, -0.2) is 0 Å². The summed E-state index contributed by atoms with van der Waals surface area (Å²) in [5, 5.41) is 8.19. The normalized spacial score (nSPS) is 14.3. The first-order chi connectivity index (χ1) is 11.1. The molecule has 0 saturated heterocycles. The lowest BCUT2D eigenvalue weighted by Crippen LogP contribution is -1.95. The highest BCUT2D eigenvalue weighted by Crippen LogP contribution is 2.29. The van der Waals surface area contributed by atoms with Gasteiger partial charge in [-0.2, -0.15) is 0 Å². The summed E-state index contributed by atoms with van der Waals surface area (Å²) in [6.45, 7) is 3.80. The van der Waals surface area contributed by atoms with Gasteiger partial charge in [-0.15, -0.1) is 0 Å². The second kappa shape index (κ2) is 16.0. The van der Waals surface area contributed by atoms with Crippen LogP contribution in [0.2, 0.25) is 0 Å². The van der Waals surface area contributed by atoms with Crippen LogP contribution in [0.4, 0.5) is 0 Å². The number of carbonyl (C=O) groups excluding carboxylic acids is 1. The standard InChI is InChI=1S/C13H26.C7H12O3/c1-2-3-4-5-6-7-10-13-11-8-9-12-13;1-6(8)4-2-3-5-7(9)10/h13H,2-12H2,1H3;2-5H2,1H3,(H,9,10). The van der Waals surface area contributed by atoms with Crippen molar-refractivity contribution in [3.05, 3.63) is 0 Å². The van der Waals surface area contributed by atoms with E-state index in [0.29, 0.717) is 19.3 Å². The molecular formula is C20H38O3. The van der Waals surface area contributed by atoms with E-state index in [-0.39, 0.29) is 12.2 Å². The molecule has 0 amide bonds. The van der Waals surface area contributed by atoms with Gasteiger partial charge in [0, 0.05) is 12.8 Å². The van der Waals surface area contributed by atoms with E-state index in [2.05, 4.69) is 6.92 Å². The van der Waals surface area contributed by atoms with Crippen LogP contribution in [-0.4, -0.2) is 16.9 Å². The number of carboxylic acid groups (broad SMARTS) is 1. The fraction of sp³-hybridized carbons (Fsp3) is 0.900. The van der Waals surface area contributed by atoms with Gasteiger partial charge in [0.05, 0.1) is 0 Å². The quantitative estimate of drug-likeness (QED) is 0.438. The first-order valence-corrected chi connectivity index (χ1v) is 9.77. The summed E-state index contributed by atoms with van der Waals surface area (Å²) in [6, 6.07) is 0. The summed E-state index contributed by atoms with van der Waals surface area (Å²) in [5.41, 5.74) is 0. The second-order valence-corrected chi connectivity index (χ2v) is 7.01. The van der Waals surface area contributed by atoms with Crippen molar-refractivity contribution in [2.24, 2.45) is 5.92 Å². The zero-order chi connectivity index (χ0) is 17.3. The molecule has 0 aliphatic heterocycles. The lowest BCUT2D eigenvalue weighted by molar-refractivity contribution is -0.137. The molecule has 0 aromatic rings. The molecule has 0 aromatic carbocycles. The molecule has 1 rings (SSSR count). The van der Waals surface area contributed by atoms with Crippen molar-refractivity contribution in [3.8, 4) is 0 Å². The third kappa shape index (κ3) is 17.3. The Labute approximate surface area is 143 Å². The van der Waals surface area contributed by atoms with Crippen LogP contribution in [0.25, 0.3) is 0 Å². The number of Topliss-reactive ketones (excluding diaryl/α,β-unsaturated/α-hetero) is 1. The fourth-order valence-electron chi connectivity index (χ4n) is 3.16. The first kappa shape index (κ1) is 22.1. The monoisotopic (exact) mass is 326 g/mol. The summed E-state index contributed by atoms with van der Waals surface area (Å²) in [5.74, 6) is 0.458. The molecule has 3 nitrogen and oxygen atoms in total. The predicted octanol–water partition coefficient (Wildman–Crippen LogP) is 6.15. The van der Waals surface area contributed by atoms with Crippen molar-refractivity contribution in [3.63, 3.8) is 0 Å². The van der Waals surface area contributed by atoms with E-state index in [1.165, 1.54) is 77.6 Å². The maximum Gasteiger partial charge on any atom is 0.303 e. The Hall–Kier alpha value is -0.860. The minimum absolute atomic E-state index is 0.130. The van der Waals surface area contributed by atoms with E-state index in [4.69, 9.17) is 5.11 Å². The van der Waals surface area contributed by atoms with Gasteiger partial charge in [0.25, 0.3) is 0 Å². The van der Waals surface area contributed by atoms with Crippen LogP contribution in [0.5, 0.6) is 0 Å². The van der Waals surface area contributed by atoms with Gasteiger partial charge in [-0.3, -0.25) is 4.79 Å². The number of hydrogen-bond acceptors (Lipinski definition) is 2. The number of hydrogen-bond donors (Lipinski definition) is 1. The van der Waals surface area contributed by atoms with Crippen LogP contribution >= 0.6 is 0 Å². The van der Waals surface area contributed by atoms with Crippen molar-refractivity contribution < 1.29 is 14.7 Å². The number of aliphatic carboxylic acids is 1. The van der Waals surface area contributed by atoms with E-state index in [9.17, 15) is 9.59 Å². The van der Waals surface area contributed by atoms with Crippen molar-refractivity contribution in [2.45, 2.75) is 110 Å². The molecule has 136 valence electrons. The Bertz CT molecular complexity index is 277. The smallest absolute Gasteiger partial charge is 0.303 e. The Morgan fingerprint density at radius 3 is 2.00 bits per heavy atom. The summed E-state index contributed by atoms with van der Waals surface area (Å²) in [7, 11) is 0. The summed E-state index contributed by atoms with van der Waals surface area (Å²) in [4.78, 5) is 20.3. The minimum atomic E-state index is -0.788. The fourth-order valence-corrected chi connectivity index (χ4v) is 3.16. The van der Waals surface area contributed by atoms with Gasteiger partial charge < -0.3 is 9.90 Å². The first-order valence-electron chi connectivity index (χ1n) is 9.77. The summed E-state index contributed by atoms with van der Waals surface area (Å²) < 4.78 is 0. The predicted molar refractivity (Wildman–Crippen MR) is 96.7 cm³/mol. The van der Waals surface area contributed by atoms with Gasteiger partial charge in [0.15, 0.2) is 0 Å². The number of unbranched alkanes of at least 4 members (excludes halogenated alkanes) is 6. The number of carbonyl (C=O) groups is 2. The van der Waals surface area contributed by atoms with E-state index in [1.54, 1.807) is 0 Å². The molecule has 1 N–H and O–H groups in total. The van der Waals surface area contributed by atoms with Gasteiger partial charge in [-0.1, -0.05) is 77.6 Å².